The van der Waals surface area contributed by atoms with E-state index in [9.17, 15) is 0 Å². The highest BCUT2D eigenvalue weighted by Gasteiger charge is 1.78. The Morgan fingerprint density at radius 1 is 1.44 bits per heavy atom. The van der Waals surface area contributed by atoms with Crippen LogP contribution in [0.2, 0.25) is 0 Å². The Bertz CT molecular complexity index is 57.6. The average molecular weight is 130 g/mol. The normalized spacial score (nSPS) is 7.11. The first-order chi connectivity index (χ1) is 4.27. The molecular formula is C8H18O. The van der Waals surface area contributed by atoms with Gasteiger partial charge in [0.15, 0.2) is 0 Å². The second kappa shape index (κ2) is 10.5. The van der Waals surface area contributed by atoms with E-state index in [0.717, 1.165) is 18.8 Å². The summed E-state index contributed by atoms with van der Waals surface area (Å²) in [6.45, 7) is 12.3. The Labute approximate surface area is 58.7 Å². The van der Waals surface area contributed by atoms with Gasteiger partial charge in [0.05, 0.1) is 12.4 Å². The molecule has 0 aliphatic heterocycles. The molecule has 0 unspecified atom stereocenters. The van der Waals surface area contributed by atoms with Gasteiger partial charge in [0.2, 0.25) is 0 Å². The topological polar surface area (TPSA) is 9.23 Å². The van der Waals surface area contributed by atoms with E-state index in [0.29, 0.717) is 0 Å². The van der Waals surface area contributed by atoms with Gasteiger partial charge in [-0.25, -0.2) is 0 Å². The molecule has 0 fully saturated rings. The predicted octanol–water partition coefficient (Wildman–Crippen LogP) is 2.97. The van der Waals surface area contributed by atoms with Crippen molar-refractivity contribution >= 4 is 0 Å². The van der Waals surface area contributed by atoms with E-state index in [1.54, 1.807) is 0 Å². The molecule has 0 radical (unpaired) electrons. The Hall–Kier alpha value is -0.460. The molecule has 0 rings (SSSR count). The van der Waals surface area contributed by atoms with Crippen LogP contribution in [0, 0.1) is 0 Å². The molecule has 1 nitrogen and oxygen atoms in total. The van der Waals surface area contributed by atoms with Gasteiger partial charge in [-0.3, -0.25) is 0 Å². The van der Waals surface area contributed by atoms with E-state index in [1.807, 2.05) is 20.8 Å². The van der Waals surface area contributed by atoms with Crippen molar-refractivity contribution in [2.45, 2.75) is 34.1 Å². The van der Waals surface area contributed by atoms with Gasteiger partial charge < -0.3 is 4.74 Å². The van der Waals surface area contributed by atoms with Gasteiger partial charge in [-0.05, 0) is 13.3 Å². The first-order valence-corrected chi connectivity index (χ1v) is 3.55. The molecule has 0 spiro atoms. The van der Waals surface area contributed by atoms with Crippen molar-refractivity contribution in [3.8, 4) is 0 Å². The first kappa shape index (κ1) is 11.4. The molecule has 0 bridgehead atoms. The maximum Gasteiger partial charge on any atom is 0.0874 e. The van der Waals surface area contributed by atoms with Gasteiger partial charge in [-0.15, -0.1) is 0 Å². The average Bonchev–Trinajstić information content (AvgIpc) is 1.88. The fourth-order valence-electron chi connectivity index (χ4n) is 0.276. The van der Waals surface area contributed by atoms with Crippen LogP contribution >= 0.6 is 0 Å². The van der Waals surface area contributed by atoms with E-state index in [1.165, 1.54) is 0 Å². The number of hydrogen-bond donors (Lipinski definition) is 0. The van der Waals surface area contributed by atoms with Gasteiger partial charge in [0.25, 0.3) is 0 Å². The maximum absolute atomic E-state index is 5.00. The van der Waals surface area contributed by atoms with Crippen LogP contribution in [0.15, 0.2) is 12.3 Å². The molecule has 1 heteroatoms. The van der Waals surface area contributed by atoms with E-state index >= 15 is 0 Å². The molecule has 0 aromatic carbocycles. The smallest absolute Gasteiger partial charge is 0.0874 e. The molecule has 0 aromatic heterocycles. The SMILES string of the molecule is C=C(C)OCCC.CC. The molecule has 0 atom stereocenters. The molecule has 9 heavy (non-hydrogen) atoms. The third-order valence-electron chi connectivity index (χ3n) is 0.553. The van der Waals surface area contributed by atoms with E-state index < -0.39 is 0 Å². The van der Waals surface area contributed by atoms with Crippen LogP contribution in [0.25, 0.3) is 0 Å². The number of hydrogen-bond acceptors (Lipinski definition) is 1. The van der Waals surface area contributed by atoms with E-state index in [4.69, 9.17) is 4.74 Å². The molecule has 0 aromatic rings. The molecule has 56 valence electrons. The summed E-state index contributed by atoms with van der Waals surface area (Å²) in [4.78, 5) is 0. The summed E-state index contributed by atoms with van der Waals surface area (Å²) in [6, 6.07) is 0. The third-order valence-corrected chi connectivity index (χ3v) is 0.553. The standard InChI is InChI=1S/C6H12O.C2H6/c1-4-5-7-6(2)3;1-2/h2,4-5H2,1,3H3;1-2H3. The van der Waals surface area contributed by atoms with Crippen molar-refractivity contribution in [3.63, 3.8) is 0 Å². The minimum absolute atomic E-state index is 0.801. The van der Waals surface area contributed by atoms with E-state index in [-0.39, 0.29) is 0 Å². The molecule has 0 saturated heterocycles. The Kier molecular flexibility index (Phi) is 13.3. The van der Waals surface area contributed by atoms with Gasteiger partial charge in [-0.1, -0.05) is 27.4 Å². The fourth-order valence-corrected chi connectivity index (χ4v) is 0.276. The van der Waals surface area contributed by atoms with Gasteiger partial charge in [0, 0.05) is 0 Å². The summed E-state index contributed by atoms with van der Waals surface area (Å²) in [5.74, 6) is 0.807. The lowest BCUT2D eigenvalue weighted by Gasteiger charge is -1.99. The van der Waals surface area contributed by atoms with Crippen LogP contribution in [0.5, 0.6) is 0 Å². The summed E-state index contributed by atoms with van der Waals surface area (Å²) >= 11 is 0. The minimum Gasteiger partial charge on any atom is -0.499 e. The number of ether oxygens (including phenoxy) is 1. The highest BCUT2D eigenvalue weighted by atomic mass is 16.5. The third kappa shape index (κ3) is 18.5. The van der Waals surface area contributed by atoms with Crippen LogP contribution in [-0.4, -0.2) is 6.61 Å². The maximum atomic E-state index is 5.00. The zero-order chi connectivity index (χ0) is 7.70. The van der Waals surface area contributed by atoms with Crippen LogP contribution in [0.1, 0.15) is 34.1 Å². The van der Waals surface area contributed by atoms with Crippen LogP contribution in [0.3, 0.4) is 0 Å². The quantitative estimate of drug-likeness (QED) is 0.534. The second-order valence-electron chi connectivity index (χ2n) is 1.55. The first-order valence-electron chi connectivity index (χ1n) is 3.55. The second-order valence-corrected chi connectivity index (χ2v) is 1.55. The van der Waals surface area contributed by atoms with Crippen LogP contribution in [0.4, 0.5) is 0 Å². The lowest BCUT2D eigenvalue weighted by molar-refractivity contribution is 0.216. The lowest BCUT2D eigenvalue weighted by Crippen LogP contribution is -1.86. The zero-order valence-corrected chi connectivity index (χ0v) is 7.03. The van der Waals surface area contributed by atoms with Crippen molar-refractivity contribution in [2.24, 2.45) is 0 Å². The minimum atomic E-state index is 0.801. The number of rotatable bonds is 3. The largest absolute Gasteiger partial charge is 0.499 e. The van der Waals surface area contributed by atoms with Crippen molar-refractivity contribution in [1.82, 2.24) is 0 Å². The molecule has 0 heterocycles. The summed E-state index contributed by atoms with van der Waals surface area (Å²) < 4.78 is 5.00. The highest BCUT2D eigenvalue weighted by Crippen LogP contribution is 1.89. The van der Waals surface area contributed by atoms with Gasteiger partial charge in [-0.2, -0.15) is 0 Å². The zero-order valence-electron chi connectivity index (χ0n) is 7.03. The summed E-state index contributed by atoms with van der Waals surface area (Å²) in [5, 5.41) is 0. The van der Waals surface area contributed by atoms with E-state index in [2.05, 4.69) is 13.5 Å². The summed E-state index contributed by atoms with van der Waals surface area (Å²) in [6.07, 6.45) is 1.06. The monoisotopic (exact) mass is 130 g/mol. The van der Waals surface area contributed by atoms with Crippen molar-refractivity contribution in [3.05, 3.63) is 12.3 Å². The van der Waals surface area contributed by atoms with Crippen LogP contribution in [-0.2, 0) is 4.74 Å². The van der Waals surface area contributed by atoms with Crippen LogP contribution < -0.4 is 0 Å². The summed E-state index contributed by atoms with van der Waals surface area (Å²) in [5.41, 5.74) is 0. The van der Waals surface area contributed by atoms with Gasteiger partial charge in [0.1, 0.15) is 0 Å². The molecule has 0 amide bonds. The molecule has 0 saturated carbocycles. The van der Waals surface area contributed by atoms with Crippen molar-refractivity contribution in [2.75, 3.05) is 6.61 Å². The van der Waals surface area contributed by atoms with Gasteiger partial charge >= 0.3 is 0 Å². The molecular weight excluding hydrogens is 112 g/mol. The highest BCUT2D eigenvalue weighted by molar-refractivity contribution is 4.72. The van der Waals surface area contributed by atoms with Crippen molar-refractivity contribution < 1.29 is 4.74 Å². The predicted molar refractivity (Wildman–Crippen MR) is 42.4 cm³/mol. The Morgan fingerprint density at radius 2 is 1.89 bits per heavy atom. The lowest BCUT2D eigenvalue weighted by atomic mass is 10.5. The Balaban J connectivity index is 0. The molecule has 0 N–H and O–H groups in total. The molecule has 0 aliphatic rings. The molecule has 0 aliphatic carbocycles. The Morgan fingerprint density at radius 3 is 2.00 bits per heavy atom. The fraction of sp³-hybridized carbons (Fsp3) is 0.750. The summed E-state index contributed by atoms with van der Waals surface area (Å²) in [7, 11) is 0. The number of allylic oxidation sites excluding steroid dienone is 1. The van der Waals surface area contributed by atoms with Crippen molar-refractivity contribution in [1.29, 1.82) is 0 Å².